The molecule has 4 aliphatic rings. The lowest BCUT2D eigenvalue weighted by molar-refractivity contribution is 0.840. The molecule has 18 aromatic carbocycles. The predicted octanol–water partition coefficient (Wildman–Crippen LogP) is 30.5. The molecule has 0 saturated heterocycles. The zero-order valence-electron chi connectivity index (χ0n) is 71.2. The quantitative estimate of drug-likeness (QED) is 0.0706. The molecule has 4 heteroatoms. The molecule has 0 N–H and O–H groups in total. The lowest BCUT2D eigenvalue weighted by atomic mass is 9.86. The summed E-state index contributed by atoms with van der Waals surface area (Å²) in [6.07, 6.45) is 14.1. The van der Waals surface area contributed by atoms with Crippen LogP contribution in [0.5, 0.6) is 0 Å². The molecule has 594 valence electrons. The summed E-state index contributed by atoms with van der Waals surface area (Å²) in [6.45, 7) is 8.57. The molecule has 0 bridgehead atoms. The van der Waals surface area contributed by atoms with Gasteiger partial charge in [0, 0.05) is 79.1 Å². The van der Waals surface area contributed by atoms with Crippen LogP contribution in [0.3, 0.4) is 0 Å². The van der Waals surface area contributed by atoms with Gasteiger partial charge in [0.1, 0.15) is 0 Å². The summed E-state index contributed by atoms with van der Waals surface area (Å²) >= 11 is 0. The molecule has 22 rings (SSSR count). The van der Waals surface area contributed by atoms with Gasteiger partial charge in [-0.05, 0) is 325 Å². The third-order valence-electron chi connectivity index (χ3n) is 26.1. The lowest BCUT2D eigenvalue weighted by Gasteiger charge is -2.24. The molecule has 0 atom stereocenters. The number of anilines is 8. The fourth-order valence-corrected chi connectivity index (χ4v) is 17.8. The highest BCUT2D eigenvalue weighted by atomic mass is 15.1. The maximum Gasteiger partial charge on any atom is 0.0488 e. The van der Waals surface area contributed by atoms with Crippen molar-refractivity contribution in [3.8, 4) is 66.8 Å². The minimum absolute atomic E-state index is 1.18. The van der Waals surface area contributed by atoms with Gasteiger partial charge in [-0.3, -0.25) is 0 Å². The Morgan fingerprint density at radius 1 is 0.197 bits per heavy atom. The number of hydrogen-bond donors (Lipinski definition) is 0. The zero-order valence-corrected chi connectivity index (χ0v) is 71.2. The van der Waals surface area contributed by atoms with Crippen molar-refractivity contribution in [1.29, 1.82) is 0 Å². The number of nitrogens with zero attached hydrogens (tertiary/aromatic N) is 4. The third-order valence-corrected chi connectivity index (χ3v) is 26.1. The molecule has 0 aromatic heterocycles. The van der Waals surface area contributed by atoms with Crippen LogP contribution in [-0.2, 0) is 51.4 Å². The van der Waals surface area contributed by atoms with Crippen LogP contribution in [0, 0.1) is 27.7 Å². The first-order valence-corrected chi connectivity index (χ1v) is 43.4. The Morgan fingerprint density at radius 3 is 0.820 bits per heavy atom. The van der Waals surface area contributed by atoms with E-state index in [4.69, 9.17) is 0 Å². The van der Waals surface area contributed by atoms with Crippen LogP contribution in [-0.4, -0.2) is 28.2 Å². The Labute approximate surface area is 720 Å². The van der Waals surface area contributed by atoms with Crippen LogP contribution in [0.2, 0.25) is 0 Å². The molecule has 0 spiro atoms. The molecule has 0 heterocycles. The van der Waals surface area contributed by atoms with Crippen LogP contribution in [0.25, 0.3) is 111 Å². The SMILES string of the molecule is Cc1ccc(-c2ccc(N(C)c3ccc(-c4ccc5c(c4)CC5)cc3)cc2)cc1.Cc1ccc(-c2ccc(N(C)c3cccc(-c4ccc5c(c4)CC5)c3)cc2)cc1.Cc1ccc(/C=C/c2ccc(N(C)c3cccc(-c4ccc5c(c4)CC5)c3)cc2)cc1.Cc1ccc2ccc3c(N(C)c4cccc(-c5ccc6c(c5)CC6)c4)ccc4ccc1c2c43. The first kappa shape index (κ1) is 77.8. The van der Waals surface area contributed by atoms with E-state index >= 15 is 0 Å². The molecule has 0 amide bonds. The van der Waals surface area contributed by atoms with Gasteiger partial charge < -0.3 is 19.6 Å². The minimum atomic E-state index is 1.18. The minimum Gasteiger partial charge on any atom is -0.345 e. The molecular weight excluding hydrogens is 1470 g/mol. The van der Waals surface area contributed by atoms with Crippen molar-refractivity contribution in [2.24, 2.45) is 0 Å². The summed E-state index contributed by atoms with van der Waals surface area (Å²) in [5.74, 6) is 0. The van der Waals surface area contributed by atoms with Crippen LogP contribution >= 0.6 is 0 Å². The number of benzene rings is 18. The highest BCUT2D eigenvalue weighted by Gasteiger charge is 2.21. The second-order valence-corrected chi connectivity index (χ2v) is 33.9. The van der Waals surface area contributed by atoms with Crippen molar-refractivity contribution >= 4 is 90.0 Å². The Morgan fingerprint density at radius 2 is 0.459 bits per heavy atom. The van der Waals surface area contributed by atoms with E-state index in [1.165, 1.54) is 274 Å². The van der Waals surface area contributed by atoms with Crippen molar-refractivity contribution in [1.82, 2.24) is 0 Å². The van der Waals surface area contributed by atoms with Gasteiger partial charge in [0.15, 0.2) is 0 Å². The van der Waals surface area contributed by atoms with Crippen LogP contribution in [0.1, 0.15) is 77.9 Å². The fraction of sp³-hybridized carbons (Fsp3) is 0.136. The van der Waals surface area contributed by atoms with Crippen molar-refractivity contribution < 1.29 is 0 Å². The summed E-state index contributed by atoms with van der Waals surface area (Å²) in [5.41, 5.74) is 44.7. The van der Waals surface area contributed by atoms with E-state index in [1.54, 1.807) is 0 Å². The van der Waals surface area contributed by atoms with E-state index < -0.39 is 0 Å². The van der Waals surface area contributed by atoms with Crippen LogP contribution in [0.4, 0.5) is 45.5 Å². The van der Waals surface area contributed by atoms with Gasteiger partial charge in [0.05, 0.1) is 0 Å². The number of aryl methyl sites for hydroxylation is 12. The van der Waals surface area contributed by atoms with Gasteiger partial charge in [0.2, 0.25) is 0 Å². The van der Waals surface area contributed by atoms with Crippen LogP contribution < -0.4 is 19.6 Å². The Bertz CT molecular complexity index is 6870. The molecule has 0 saturated carbocycles. The molecular formula is C118H102N4. The topological polar surface area (TPSA) is 13.0 Å². The molecule has 0 fully saturated rings. The summed E-state index contributed by atoms with van der Waals surface area (Å²) < 4.78 is 0. The first-order valence-electron chi connectivity index (χ1n) is 43.4. The second-order valence-electron chi connectivity index (χ2n) is 33.9. The standard InChI is InChI=1S/C32H25N.C30H27N.2C28H25N/c1-20-6-7-22-13-16-29-30(17-14-23-12-15-28(20)31(22)32(23)29)33(2)27-5-3-4-24(19-27)26-11-9-21-8-10-25(21)18-26;1-22-6-8-23(9-7-22)10-11-24-12-18-29(19-13-24)31(2)30-5-3-4-26(21-30)28-17-15-25-14-16-27(25)20-28;1-20-3-5-21(6-4-20)22-11-15-27(16-12-22)29(2)28-17-13-24(14-18-28)26-10-8-23-7-9-25(23)19-26;1-20-6-8-21(9-7-20)22-14-16-27(17-15-22)29(2)28-5-3-4-24(19-28)26-13-11-23-10-12-25(23)18-26/h3-7,9,11-19H,8,10H2,1-2H3;3-13,15,17-21H,14,16H2,1-2H3;3-6,8,10-19H,7,9H2,1-2H3;3-9,11,13-19H,10,12H2,1-2H3/b;11-10+;;. The monoisotopic (exact) mass is 1570 g/mol. The molecule has 4 nitrogen and oxygen atoms in total. The van der Waals surface area contributed by atoms with E-state index in [0.717, 1.165) is 0 Å². The summed E-state index contributed by atoms with van der Waals surface area (Å²) in [5, 5.41) is 8.05. The van der Waals surface area contributed by atoms with Gasteiger partial charge in [-0.15, -0.1) is 0 Å². The molecule has 18 aromatic rings. The zero-order chi connectivity index (χ0) is 82.9. The lowest BCUT2D eigenvalue weighted by Crippen LogP contribution is -2.10. The van der Waals surface area contributed by atoms with E-state index in [0.29, 0.717) is 0 Å². The maximum atomic E-state index is 2.37. The van der Waals surface area contributed by atoms with Crippen molar-refractivity contribution in [2.45, 2.75) is 79.1 Å². The number of fused-ring (bicyclic) bond motifs is 4. The average Bonchev–Trinajstić information content (AvgIpc) is 0.728. The Hall–Kier alpha value is -14.1. The molecule has 4 aliphatic carbocycles. The largest absolute Gasteiger partial charge is 0.345 e. The van der Waals surface area contributed by atoms with Gasteiger partial charge in [-0.25, -0.2) is 0 Å². The van der Waals surface area contributed by atoms with Gasteiger partial charge in [-0.1, -0.05) is 302 Å². The summed E-state index contributed by atoms with van der Waals surface area (Å²) in [7, 11) is 8.58. The van der Waals surface area contributed by atoms with Crippen molar-refractivity contribution in [3.63, 3.8) is 0 Å². The van der Waals surface area contributed by atoms with Crippen molar-refractivity contribution in [2.75, 3.05) is 47.8 Å². The highest BCUT2D eigenvalue weighted by Crippen LogP contribution is 2.44. The van der Waals surface area contributed by atoms with E-state index in [2.05, 4.69) is 452 Å². The fourth-order valence-electron chi connectivity index (χ4n) is 17.8. The molecule has 0 radical (unpaired) electrons. The third kappa shape index (κ3) is 16.4. The Balaban J connectivity index is 0.000000107. The summed E-state index contributed by atoms with van der Waals surface area (Å²) in [6, 6.07) is 134. The predicted molar refractivity (Wildman–Crippen MR) is 524 cm³/mol. The van der Waals surface area contributed by atoms with E-state index in [9.17, 15) is 0 Å². The Kier molecular flexibility index (Phi) is 21.7. The average molecular weight is 1580 g/mol. The normalized spacial score (nSPS) is 12.5. The first-order chi connectivity index (χ1) is 59.7. The van der Waals surface area contributed by atoms with E-state index in [-0.39, 0.29) is 0 Å². The second kappa shape index (κ2) is 34.0. The van der Waals surface area contributed by atoms with E-state index in [1.807, 2.05) is 0 Å². The smallest absolute Gasteiger partial charge is 0.0488 e. The van der Waals surface area contributed by atoms with Crippen LogP contribution in [0.15, 0.2) is 364 Å². The highest BCUT2D eigenvalue weighted by molar-refractivity contribution is 6.26. The molecule has 0 aliphatic heterocycles. The summed E-state index contributed by atoms with van der Waals surface area (Å²) in [4.78, 5) is 9.07. The van der Waals surface area contributed by atoms with Gasteiger partial charge >= 0.3 is 0 Å². The number of rotatable bonds is 16. The van der Waals surface area contributed by atoms with Crippen molar-refractivity contribution in [3.05, 3.63) is 442 Å². The van der Waals surface area contributed by atoms with Gasteiger partial charge in [-0.2, -0.15) is 0 Å². The van der Waals surface area contributed by atoms with Gasteiger partial charge in [0.25, 0.3) is 0 Å². The molecule has 122 heavy (non-hydrogen) atoms. The molecule has 0 unspecified atom stereocenters. The maximum absolute atomic E-state index is 2.37. The number of hydrogen-bond acceptors (Lipinski definition) is 4.